The van der Waals surface area contributed by atoms with Crippen LogP contribution in [0.4, 0.5) is 4.79 Å². The minimum Gasteiger partial charge on any atom is -0.481 e. The van der Waals surface area contributed by atoms with Crippen molar-refractivity contribution in [3.63, 3.8) is 0 Å². The predicted molar refractivity (Wildman–Crippen MR) is 73.1 cm³/mol. The van der Waals surface area contributed by atoms with Gasteiger partial charge in [-0.3, -0.25) is 4.79 Å². The molecule has 2 amide bonds. The molecule has 3 N–H and O–H groups in total. The summed E-state index contributed by atoms with van der Waals surface area (Å²) in [6, 6.07) is 3.57. The zero-order chi connectivity index (χ0) is 13.7. The molecule has 2 rings (SSSR count). The molecule has 0 unspecified atom stereocenters. The normalized spacial score (nSPS) is 17.1. The number of carbonyl (C=O) groups excluding carboxylic acids is 1. The highest BCUT2D eigenvalue weighted by Crippen LogP contribution is 2.37. The summed E-state index contributed by atoms with van der Waals surface area (Å²) in [6.07, 6.45) is 3.14. The molecule has 0 aliphatic heterocycles. The van der Waals surface area contributed by atoms with Crippen LogP contribution >= 0.6 is 11.3 Å². The lowest BCUT2D eigenvalue weighted by molar-refractivity contribution is -0.148. The smallest absolute Gasteiger partial charge is 0.315 e. The summed E-state index contributed by atoms with van der Waals surface area (Å²) in [5.41, 5.74) is -0.764. The fraction of sp³-hybridized carbons (Fsp3) is 0.538. The molecule has 5 nitrogen and oxygen atoms in total. The van der Waals surface area contributed by atoms with Crippen LogP contribution in [0.25, 0.3) is 0 Å². The number of carbonyl (C=O) groups is 2. The van der Waals surface area contributed by atoms with Crippen molar-refractivity contribution in [2.75, 3.05) is 6.54 Å². The summed E-state index contributed by atoms with van der Waals surface area (Å²) < 4.78 is 0. The van der Waals surface area contributed by atoms with E-state index in [2.05, 4.69) is 10.6 Å². The quantitative estimate of drug-likeness (QED) is 0.774. The van der Waals surface area contributed by atoms with Crippen molar-refractivity contribution in [3.8, 4) is 0 Å². The molecule has 1 aromatic rings. The molecule has 0 aromatic carbocycles. The highest BCUT2D eigenvalue weighted by Gasteiger charge is 2.41. The van der Waals surface area contributed by atoms with Gasteiger partial charge in [0, 0.05) is 11.4 Å². The Labute approximate surface area is 116 Å². The summed E-state index contributed by atoms with van der Waals surface area (Å²) >= 11 is 1.58. The van der Waals surface area contributed by atoms with E-state index in [1.807, 2.05) is 17.5 Å². The van der Waals surface area contributed by atoms with Crippen LogP contribution in [0, 0.1) is 5.41 Å². The van der Waals surface area contributed by atoms with Gasteiger partial charge in [0.2, 0.25) is 0 Å². The first-order valence-corrected chi connectivity index (χ1v) is 7.28. The van der Waals surface area contributed by atoms with Crippen LogP contribution < -0.4 is 10.6 Å². The number of urea groups is 1. The van der Waals surface area contributed by atoms with E-state index in [1.54, 1.807) is 11.3 Å². The Bertz CT molecular complexity index is 439. The third-order valence-electron chi connectivity index (χ3n) is 3.60. The Morgan fingerprint density at radius 3 is 2.63 bits per heavy atom. The SMILES string of the molecule is O=C(NCc1cccs1)NCC1(C(=O)O)CCCC1. The van der Waals surface area contributed by atoms with E-state index in [0.717, 1.165) is 17.7 Å². The maximum atomic E-state index is 11.6. The van der Waals surface area contributed by atoms with Gasteiger partial charge in [0.25, 0.3) is 0 Å². The Balaban J connectivity index is 1.77. The predicted octanol–water partition coefficient (Wildman–Crippen LogP) is 2.19. The van der Waals surface area contributed by atoms with Gasteiger partial charge in [-0.05, 0) is 24.3 Å². The molecule has 1 aliphatic carbocycles. The fourth-order valence-electron chi connectivity index (χ4n) is 2.41. The van der Waals surface area contributed by atoms with E-state index >= 15 is 0 Å². The van der Waals surface area contributed by atoms with Crippen LogP contribution in [0.5, 0.6) is 0 Å². The maximum Gasteiger partial charge on any atom is 0.315 e. The van der Waals surface area contributed by atoms with Gasteiger partial charge in [-0.2, -0.15) is 0 Å². The van der Waals surface area contributed by atoms with Gasteiger partial charge in [-0.25, -0.2) is 4.79 Å². The molecule has 0 spiro atoms. The second kappa shape index (κ2) is 6.06. The average molecular weight is 282 g/mol. The van der Waals surface area contributed by atoms with Crippen molar-refractivity contribution >= 4 is 23.3 Å². The van der Waals surface area contributed by atoms with Crippen LogP contribution in [-0.2, 0) is 11.3 Å². The molecular formula is C13H18N2O3S. The summed E-state index contributed by atoms with van der Waals surface area (Å²) in [7, 11) is 0. The summed E-state index contributed by atoms with van der Waals surface area (Å²) in [4.78, 5) is 24.0. The van der Waals surface area contributed by atoms with Crippen LogP contribution in [-0.4, -0.2) is 23.7 Å². The number of amides is 2. The van der Waals surface area contributed by atoms with Gasteiger partial charge in [0.05, 0.1) is 12.0 Å². The van der Waals surface area contributed by atoms with Gasteiger partial charge >= 0.3 is 12.0 Å². The number of nitrogens with one attached hydrogen (secondary N) is 2. The highest BCUT2D eigenvalue weighted by molar-refractivity contribution is 7.09. The Morgan fingerprint density at radius 2 is 2.05 bits per heavy atom. The van der Waals surface area contributed by atoms with Gasteiger partial charge in [0.1, 0.15) is 0 Å². The molecule has 1 aromatic heterocycles. The monoisotopic (exact) mass is 282 g/mol. The fourth-order valence-corrected chi connectivity index (χ4v) is 3.06. The van der Waals surface area contributed by atoms with Gasteiger partial charge in [-0.1, -0.05) is 18.9 Å². The number of carboxylic acids is 1. The van der Waals surface area contributed by atoms with E-state index in [1.165, 1.54) is 0 Å². The standard InChI is InChI=1S/C13H18N2O3S/c16-11(17)13(5-1-2-6-13)9-15-12(18)14-8-10-4-3-7-19-10/h3-4,7H,1-2,5-6,8-9H2,(H,16,17)(H2,14,15,18). The number of aliphatic carboxylic acids is 1. The topological polar surface area (TPSA) is 78.4 Å². The molecule has 1 saturated carbocycles. The zero-order valence-electron chi connectivity index (χ0n) is 10.6. The first-order valence-electron chi connectivity index (χ1n) is 6.40. The number of rotatable bonds is 5. The van der Waals surface area contributed by atoms with Crippen molar-refractivity contribution in [2.45, 2.75) is 32.2 Å². The van der Waals surface area contributed by atoms with Crippen LogP contribution in [0.3, 0.4) is 0 Å². The Hall–Kier alpha value is -1.56. The number of carboxylic acid groups (broad SMARTS) is 1. The van der Waals surface area contributed by atoms with E-state index in [-0.39, 0.29) is 12.6 Å². The molecule has 0 saturated heterocycles. The van der Waals surface area contributed by atoms with Crippen molar-refractivity contribution in [3.05, 3.63) is 22.4 Å². The largest absolute Gasteiger partial charge is 0.481 e. The molecule has 0 bridgehead atoms. The molecule has 1 aliphatic rings. The third-order valence-corrected chi connectivity index (χ3v) is 4.48. The molecule has 19 heavy (non-hydrogen) atoms. The van der Waals surface area contributed by atoms with Crippen molar-refractivity contribution < 1.29 is 14.7 Å². The lowest BCUT2D eigenvalue weighted by Crippen LogP contribution is -2.44. The summed E-state index contributed by atoms with van der Waals surface area (Å²) in [5.74, 6) is -0.802. The van der Waals surface area contributed by atoms with Crippen LogP contribution in [0.1, 0.15) is 30.6 Å². The van der Waals surface area contributed by atoms with Gasteiger partial charge < -0.3 is 15.7 Å². The first-order chi connectivity index (χ1) is 9.12. The minimum absolute atomic E-state index is 0.207. The molecule has 0 radical (unpaired) electrons. The van der Waals surface area contributed by atoms with E-state index in [4.69, 9.17) is 0 Å². The van der Waals surface area contributed by atoms with E-state index in [9.17, 15) is 14.7 Å². The number of thiophene rings is 1. The third kappa shape index (κ3) is 3.47. The lowest BCUT2D eigenvalue weighted by atomic mass is 9.86. The maximum absolute atomic E-state index is 11.6. The second-order valence-electron chi connectivity index (χ2n) is 4.91. The molecule has 6 heteroatoms. The molecule has 1 fully saturated rings. The number of hydrogen-bond acceptors (Lipinski definition) is 3. The number of hydrogen-bond donors (Lipinski definition) is 3. The van der Waals surface area contributed by atoms with E-state index < -0.39 is 11.4 Å². The van der Waals surface area contributed by atoms with Crippen LogP contribution in [0.2, 0.25) is 0 Å². The summed E-state index contributed by atoms with van der Waals surface area (Å²) in [5, 5.41) is 16.7. The van der Waals surface area contributed by atoms with Gasteiger partial charge in [-0.15, -0.1) is 11.3 Å². The first kappa shape index (κ1) is 13.9. The summed E-state index contributed by atoms with van der Waals surface area (Å²) in [6.45, 7) is 0.683. The van der Waals surface area contributed by atoms with E-state index in [0.29, 0.717) is 19.4 Å². The lowest BCUT2D eigenvalue weighted by Gasteiger charge is -2.23. The van der Waals surface area contributed by atoms with Crippen LogP contribution in [0.15, 0.2) is 17.5 Å². The minimum atomic E-state index is -0.802. The van der Waals surface area contributed by atoms with Crippen molar-refractivity contribution in [1.82, 2.24) is 10.6 Å². The zero-order valence-corrected chi connectivity index (χ0v) is 11.5. The average Bonchev–Trinajstić information content (AvgIpc) is 3.05. The van der Waals surface area contributed by atoms with Crippen molar-refractivity contribution in [1.29, 1.82) is 0 Å². The molecule has 104 valence electrons. The van der Waals surface area contributed by atoms with Gasteiger partial charge in [0.15, 0.2) is 0 Å². The Morgan fingerprint density at radius 1 is 1.32 bits per heavy atom. The van der Waals surface area contributed by atoms with Crippen molar-refractivity contribution in [2.24, 2.45) is 5.41 Å². The highest BCUT2D eigenvalue weighted by atomic mass is 32.1. The molecule has 0 atom stereocenters. The second-order valence-corrected chi connectivity index (χ2v) is 5.94. The Kier molecular flexibility index (Phi) is 4.42. The molecule has 1 heterocycles. The molecular weight excluding hydrogens is 264 g/mol.